The Morgan fingerprint density at radius 1 is 1.36 bits per heavy atom. The second kappa shape index (κ2) is 6.83. The summed E-state index contributed by atoms with van der Waals surface area (Å²) in [4.78, 5) is 12.6. The molecule has 5 nitrogen and oxygen atoms in total. The Morgan fingerprint density at radius 3 is 2.95 bits per heavy atom. The number of benzene rings is 1. The second-order valence-electron chi connectivity index (χ2n) is 5.57. The number of fused-ring (bicyclic) bond motifs is 1. The van der Waals surface area contributed by atoms with Gasteiger partial charge in [-0.1, -0.05) is 6.07 Å². The van der Waals surface area contributed by atoms with E-state index in [-0.39, 0.29) is 24.4 Å². The predicted molar refractivity (Wildman–Crippen MR) is 91.1 cm³/mol. The molecule has 118 valence electrons. The van der Waals surface area contributed by atoms with Crippen molar-refractivity contribution >= 4 is 29.8 Å². The topological polar surface area (TPSA) is 59.0 Å². The summed E-state index contributed by atoms with van der Waals surface area (Å²) in [5, 5.41) is 10.6. The van der Waals surface area contributed by atoms with E-state index in [2.05, 4.69) is 15.7 Å². The Labute approximate surface area is 136 Å². The molecule has 0 aliphatic carbocycles. The van der Waals surface area contributed by atoms with Crippen LogP contribution in [0, 0.1) is 0 Å². The Bertz CT molecular complexity index is 666. The molecule has 2 N–H and O–H groups in total. The van der Waals surface area contributed by atoms with Crippen LogP contribution < -0.4 is 10.6 Å². The van der Waals surface area contributed by atoms with Crippen molar-refractivity contribution in [1.29, 1.82) is 0 Å². The molecular weight excluding hydrogens is 300 g/mol. The van der Waals surface area contributed by atoms with E-state index in [0.717, 1.165) is 42.0 Å². The molecule has 1 aliphatic rings. The number of anilines is 2. The number of carbonyl (C=O) groups excluding carboxylic acids is 1. The lowest BCUT2D eigenvalue weighted by atomic mass is 9.97. The maximum absolute atomic E-state index is 12.6. The van der Waals surface area contributed by atoms with Crippen LogP contribution in [0.25, 0.3) is 0 Å². The Hall–Kier alpha value is -2.01. The monoisotopic (exact) mass is 320 g/mol. The van der Waals surface area contributed by atoms with E-state index in [4.69, 9.17) is 0 Å². The van der Waals surface area contributed by atoms with Gasteiger partial charge in [0.25, 0.3) is 5.91 Å². The number of rotatable bonds is 3. The quantitative estimate of drug-likeness (QED) is 0.910. The standard InChI is InChI=1S/C16H20N4O.ClH/c1-11(2)20-15(8-10-18-20)19-16(21)13-5-3-7-14-12(13)6-4-9-17-14;/h3,5,7-8,10-11,17H,4,6,9H2,1-2H3,(H,19,21);1H. The number of nitrogens with one attached hydrogen (secondary N) is 2. The molecule has 0 spiro atoms. The summed E-state index contributed by atoms with van der Waals surface area (Å²) in [6, 6.07) is 7.87. The maximum Gasteiger partial charge on any atom is 0.257 e. The first-order valence-corrected chi connectivity index (χ1v) is 7.37. The number of carbonyl (C=O) groups is 1. The lowest BCUT2D eigenvalue weighted by molar-refractivity contribution is 0.102. The van der Waals surface area contributed by atoms with Crippen molar-refractivity contribution in [3.05, 3.63) is 41.6 Å². The van der Waals surface area contributed by atoms with Crippen LogP contribution in [0.2, 0.25) is 0 Å². The summed E-state index contributed by atoms with van der Waals surface area (Å²) in [5.74, 6) is 0.661. The number of halogens is 1. The van der Waals surface area contributed by atoms with Crippen LogP contribution in [-0.2, 0) is 6.42 Å². The van der Waals surface area contributed by atoms with Gasteiger partial charge in [0, 0.05) is 29.9 Å². The first kappa shape index (κ1) is 16.4. The van der Waals surface area contributed by atoms with Gasteiger partial charge in [-0.25, -0.2) is 4.68 Å². The minimum absolute atomic E-state index is 0. The van der Waals surface area contributed by atoms with Crippen molar-refractivity contribution in [3.63, 3.8) is 0 Å². The molecule has 2 aromatic rings. The molecule has 0 unspecified atom stereocenters. The summed E-state index contributed by atoms with van der Waals surface area (Å²) in [5.41, 5.74) is 2.93. The molecule has 1 amide bonds. The minimum atomic E-state index is -0.0713. The fourth-order valence-electron chi connectivity index (χ4n) is 2.73. The van der Waals surface area contributed by atoms with Crippen LogP contribution in [0.4, 0.5) is 11.5 Å². The van der Waals surface area contributed by atoms with Crippen molar-refractivity contribution in [2.24, 2.45) is 0 Å². The zero-order valence-electron chi connectivity index (χ0n) is 12.8. The highest BCUT2D eigenvalue weighted by Gasteiger charge is 2.18. The minimum Gasteiger partial charge on any atom is -0.385 e. The van der Waals surface area contributed by atoms with Crippen LogP contribution in [0.3, 0.4) is 0 Å². The first-order chi connectivity index (χ1) is 10.2. The first-order valence-electron chi connectivity index (χ1n) is 7.37. The van der Waals surface area contributed by atoms with Gasteiger partial charge in [0.05, 0.1) is 6.20 Å². The highest BCUT2D eigenvalue weighted by Crippen LogP contribution is 2.26. The van der Waals surface area contributed by atoms with Crippen molar-refractivity contribution in [3.8, 4) is 0 Å². The maximum atomic E-state index is 12.6. The van der Waals surface area contributed by atoms with Crippen molar-refractivity contribution in [1.82, 2.24) is 9.78 Å². The van der Waals surface area contributed by atoms with Gasteiger partial charge in [0.2, 0.25) is 0 Å². The van der Waals surface area contributed by atoms with E-state index in [1.54, 1.807) is 6.20 Å². The number of aromatic nitrogens is 2. The number of amides is 1. The third-order valence-electron chi connectivity index (χ3n) is 3.74. The molecule has 1 aliphatic heterocycles. The molecule has 1 aromatic heterocycles. The van der Waals surface area contributed by atoms with Crippen molar-refractivity contribution in [2.45, 2.75) is 32.7 Å². The molecule has 3 rings (SSSR count). The Morgan fingerprint density at radius 2 is 2.18 bits per heavy atom. The zero-order valence-corrected chi connectivity index (χ0v) is 13.6. The molecule has 1 aromatic carbocycles. The van der Waals surface area contributed by atoms with Gasteiger partial charge in [0.1, 0.15) is 5.82 Å². The van der Waals surface area contributed by atoms with E-state index >= 15 is 0 Å². The van der Waals surface area contributed by atoms with Crippen LogP contribution >= 0.6 is 12.4 Å². The van der Waals surface area contributed by atoms with E-state index in [0.29, 0.717) is 0 Å². The highest BCUT2D eigenvalue weighted by molar-refractivity contribution is 6.05. The van der Waals surface area contributed by atoms with Gasteiger partial charge < -0.3 is 10.6 Å². The molecule has 0 saturated heterocycles. The Balaban J connectivity index is 0.00000176. The van der Waals surface area contributed by atoms with E-state index in [9.17, 15) is 4.79 Å². The molecule has 0 atom stereocenters. The average Bonchev–Trinajstić information content (AvgIpc) is 2.95. The van der Waals surface area contributed by atoms with Crippen LogP contribution in [0.15, 0.2) is 30.5 Å². The van der Waals surface area contributed by atoms with E-state index in [1.807, 2.05) is 42.8 Å². The molecule has 0 radical (unpaired) electrons. The summed E-state index contributed by atoms with van der Waals surface area (Å²) < 4.78 is 1.81. The van der Waals surface area contributed by atoms with Crippen molar-refractivity contribution < 1.29 is 4.79 Å². The Kier molecular flexibility index (Phi) is 5.08. The lowest BCUT2D eigenvalue weighted by Gasteiger charge is -2.20. The summed E-state index contributed by atoms with van der Waals surface area (Å²) in [6.07, 6.45) is 3.70. The molecule has 22 heavy (non-hydrogen) atoms. The van der Waals surface area contributed by atoms with Crippen LogP contribution in [0.1, 0.15) is 42.2 Å². The number of hydrogen-bond donors (Lipinski definition) is 2. The van der Waals surface area contributed by atoms with Gasteiger partial charge in [-0.05, 0) is 44.4 Å². The largest absolute Gasteiger partial charge is 0.385 e. The van der Waals surface area contributed by atoms with Crippen LogP contribution in [-0.4, -0.2) is 22.2 Å². The summed E-state index contributed by atoms with van der Waals surface area (Å²) in [6.45, 7) is 5.05. The molecule has 0 fully saturated rings. The zero-order chi connectivity index (χ0) is 14.8. The third-order valence-corrected chi connectivity index (χ3v) is 3.74. The molecule has 6 heteroatoms. The molecule has 0 saturated carbocycles. The summed E-state index contributed by atoms with van der Waals surface area (Å²) >= 11 is 0. The van der Waals surface area contributed by atoms with E-state index in [1.165, 1.54) is 0 Å². The van der Waals surface area contributed by atoms with Gasteiger partial charge >= 0.3 is 0 Å². The highest BCUT2D eigenvalue weighted by atomic mass is 35.5. The van der Waals surface area contributed by atoms with Gasteiger partial charge in [-0.2, -0.15) is 5.10 Å². The van der Waals surface area contributed by atoms with Gasteiger partial charge in [-0.3, -0.25) is 4.79 Å². The SMILES string of the molecule is CC(C)n1nccc1NC(=O)c1cccc2c1CCCN2.Cl. The normalized spacial score (nSPS) is 13.0. The lowest BCUT2D eigenvalue weighted by Crippen LogP contribution is -2.21. The van der Waals surface area contributed by atoms with Crippen LogP contribution in [0.5, 0.6) is 0 Å². The molecular formula is C16H21ClN4O. The van der Waals surface area contributed by atoms with E-state index < -0.39 is 0 Å². The van der Waals surface area contributed by atoms with Gasteiger partial charge in [0.15, 0.2) is 0 Å². The van der Waals surface area contributed by atoms with Gasteiger partial charge in [-0.15, -0.1) is 12.4 Å². The van der Waals surface area contributed by atoms with Crippen molar-refractivity contribution in [2.75, 3.05) is 17.2 Å². The predicted octanol–water partition coefficient (Wildman–Crippen LogP) is 3.50. The number of nitrogens with zero attached hydrogens (tertiary/aromatic N) is 2. The smallest absolute Gasteiger partial charge is 0.257 e. The second-order valence-corrected chi connectivity index (χ2v) is 5.57. The fourth-order valence-corrected chi connectivity index (χ4v) is 2.73. The third kappa shape index (κ3) is 3.09. The average molecular weight is 321 g/mol. The molecule has 2 heterocycles. The number of hydrogen-bond acceptors (Lipinski definition) is 3. The fraction of sp³-hybridized carbons (Fsp3) is 0.375. The summed E-state index contributed by atoms with van der Waals surface area (Å²) in [7, 11) is 0. The molecule has 0 bridgehead atoms.